The lowest BCUT2D eigenvalue weighted by Gasteiger charge is -2.42. The average molecular weight is 206 g/mol. The number of hydrogen-bond acceptors (Lipinski definition) is 0. The molecule has 0 aliphatic heterocycles. The highest BCUT2D eigenvalue weighted by Gasteiger charge is 2.38. The molecule has 0 unspecified atom stereocenters. The van der Waals surface area contributed by atoms with Gasteiger partial charge in [-0.05, 0) is 46.9 Å². The minimum absolute atomic E-state index is 0.797. The molecule has 2 aromatic carbocycles. The lowest BCUT2D eigenvalue weighted by atomic mass is 9.61. The fourth-order valence-corrected chi connectivity index (χ4v) is 3.31. The lowest BCUT2D eigenvalue weighted by molar-refractivity contribution is 0.445. The molecule has 16 heavy (non-hydrogen) atoms. The summed E-state index contributed by atoms with van der Waals surface area (Å²) in [5.41, 5.74) is 6.33. The summed E-state index contributed by atoms with van der Waals surface area (Å²) in [7, 11) is 0. The van der Waals surface area contributed by atoms with Crippen molar-refractivity contribution in [2.45, 2.75) is 24.7 Å². The molecular weight excluding hydrogens is 192 g/mol. The third-order valence-electron chi connectivity index (χ3n) is 4.27. The van der Waals surface area contributed by atoms with Crippen LogP contribution in [0.1, 0.15) is 34.1 Å². The van der Waals surface area contributed by atoms with Gasteiger partial charge in [0.1, 0.15) is 0 Å². The van der Waals surface area contributed by atoms with Crippen LogP contribution in [0, 0.1) is 0 Å². The van der Waals surface area contributed by atoms with Crippen LogP contribution in [0.15, 0.2) is 48.5 Å². The smallest absolute Gasteiger partial charge is 0.00465 e. The van der Waals surface area contributed by atoms with Gasteiger partial charge in [0, 0.05) is 0 Å². The molecule has 0 radical (unpaired) electrons. The predicted molar refractivity (Wildman–Crippen MR) is 65.8 cm³/mol. The molecule has 2 aliphatic carbocycles. The first-order valence-corrected chi connectivity index (χ1v) is 6.09. The van der Waals surface area contributed by atoms with Crippen molar-refractivity contribution in [3.05, 3.63) is 70.8 Å². The van der Waals surface area contributed by atoms with Gasteiger partial charge in [0.15, 0.2) is 0 Å². The van der Waals surface area contributed by atoms with Crippen LogP contribution in [-0.2, 0) is 12.8 Å². The van der Waals surface area contributed by atoms with E-state index in [1.807, 2.05) is 0 Å². The average Bonchev–Trinajstić information content (AvgIpc) is 2.26. The summed E-state index contributed by atoms with van der Waals surface area (Å²) < 4.78 is 0. The first kappa shape index (κ1) is 8.58. The minimum Gasteiger partial charge on any atom is -0.0620 e. The maximum atomic E-state index is 2.31. The van der Waals surface area contributed by atoms with Crippen molar-refractivity contribution < 1.29 is 0 Å². The molecule has 2 aliphatic rings. The summed E-state index contributed by atoms with van der Waals surface area (Å²) in [5.74, 6) is 1.59. The minimum atomic E-state index is 0.797. The standard InChI is InChI=1S/C16H14/c1-3-7-13-11(5-1)9-15(13)16-10-12-6-2-4-8-14(12)16/h1-8,15-16H,9-10H2/t15-,16+. The molecule has 78 valence electrons. The maximum Gasteiger partial charge on any atom is -0.00465 e. The van der Waals surface area contributed by atoms with Gasteiger partial charge in [0.25, 0.3) is 0 Å². The second-order valence-corrected chi connectivity index (χ2v) is 5.02. The third kappa shape index (κ3) is 0.996. The maximum absolute atomic E-state index is 2.31. The summed E-state index contributed by atoms with van der Waals surface area (Å²) in [6.45, 7) is 0. The molecule has 0 saturated heterocycles. The largest absolute Gasteiger partial charge is 0.0620 e. The molecule has 0 nitrogen and oxygen atoms in total. The Kier molecular flexibility index (Phi) is 1.59. The normalized spacial score (nSPS) is 25.0. The second kappa shape index (κ2) is 2.98. The fourth-order valence-electron chi connectivity index (χ4n) is 3.31. The van der Waals surface area contributed by atoms with Crippen LogP contribution in [0.2, 0.25) is 0 Å². The highest BCUT2D eigenvalue weighted by Crippen LogP contribution is 2.51. The number of benzene rings is 2. The quantitative estimate of drug-likeness (QED) is 0.668. The summed E-state index contributed by atoms with van der Waals surface area (Å²) in [6.07, 6.45) is 2.57. The van der Waals surface area contributed by atoms with E-state index in [4.69, 9.17) is 0 Å². The van der Waals surface area contributed by atoms with Gasteiger partial charge < -0.3 is 0 Å². The van der Waals surface area contributed by atoms with Gasteiger partial charge in [-0.15, -0.1) is 0 Å². The van der Waals surface area contributed by atoms with E-state index >= 15 is 0 Å². The Morgan fingerprint density at radius 3 is 1.50 bits per heavy atom. The second-order valence-electron chi connectivity index (χ2n) is 5.02. The van der Waals surface area contributed by atoms with Crippen molar-refractivity contribution in [2.24, 2.45) is 0 Å². The molecular formula is C16H14. The Bertz CT molecular complexity index is 502. The van der Waals surface area contributed by atoms with Gasteiger partial charge in [0.2, 0.25) is 0 Å². The van der Waals surface area contributed by atoms with Gasteiger partial charge in [0.05, 0.1) is 0 Å². The van der Waals surface area contributed by atoms with Crippen molar-refractivity contribution in [1.82, 2.24) is 0 Å². The molecule has 0 aromatic heterocycles. The van der Waals surface area contributed by atoms with E-state index in [1.165, 1.54) is 12.8 Å². The van der Waals surface area contributed by atoms with Crippen LogP contribution in [0.4, 0.5) is 0 Å². The Morgan fingerprint density at radius 1 is 0.625 bits per heavy atom. The molecule has 0 N–H and O–H groups in total. The molecule has 0 amide bonds. The van der Waals surface area contributed by atoms with Gasteiger partial charge >= 0.3 is 0 Å². The molecule has 0 saturated carbocycles. The van der Waals surface area contributed by atoms with Crippen molar-refractivity contribution >= 4 is 0 Å². The molecule has 2 aromatic rings. The Labute approximate surface area is 95.9 Å². The molecule has 4 rings (SSSR count). The topological polar surface area (TPSA) is 0 Å². The molecule has 0 fully saturated rings. The van der Waals surface area contributed by atoms with Crippen LogP contribution >= 0.6 is 0 Å². The van der Waals surface area contributed by atoms with E-state index in [1.54, 1.807) is 22.3 Å². The Balaban J connectivity index is 1.69. The van der Waals surface area contributed by atoms with Crippen molar-refractivity contribution in [2.75, 3.05) is 0 Å². The van der Waals surface area contributed by atoms with E-state index in [9.17, 15) is 0 Å². The van der Waals surface area contributed by atoms with E-state index < -0.39 is 0 Å². The van der Waals surface area contributed by atoms with Gasteiger partial charge in [-0.25, -0.2) is 0 Å². The lowest BCUT2D eigenvalue weighted by Crippen LogP contribution is -2.30. The number of rotatable bonds is 1. The van der Waals surface area contributed by atoms with E-state index in [-0.39, 0.29) is 0 Å². The molecule has 0 heterocycles. The molecule has 2 atom stereocenters. The van der Waals surface area contributed by atoms with E-state index in [0.717, 1.165) is 11.8 Å². The van der Waals surface area contributed by atoms with Crippen LogP contribution in [0.5, 0.6) is 0 Å². The summed E-state index contributed by atoms with van der Waals surface area (Å²) in [6, 6.07) is 17.8. The Morgan fingerprint density at radius 2 is 1.06 bits per heavy atom. The van der Waals surface area contributed by atoms with Crippen LogP contribution in [0.3, 0.4) is 0 Å². The molecule has 0 bridgehead atoms. The van der Waals surface area contributed by atoms with Crippen LogP contribution in [0.25, 0.3) is 0 Å². The summed E-state index contributed by atoms with van der Waals surface area (Å²) >= 11 is 0. The van der Waals surface area contributed by atoms with Crippen LogP contribution in [-0.4, -0.2) is 0 Å². The molecule has 0 heteroatoms. The summed E-state index contributed by atoms with van der Waals surface area (Å²) in [4.78, 5) is 0. The van der Waals surface area contributed by atoms with Crippen LogP contribution < -0.4 is 0 Å². The van der Waals surface area contributed by atoms with Crippen molar-refractivity contribution in [3.8, 4) is 0 Å². The first-order chi connectivity index (χ1) is 7.93. The fraction of sp³-hybridized carbons (Fsp3) is 0.250. The monoisotopic (exact) mass is 206 g/mol. The zero-order valence-corrected chi connectivity index (χ0v) is 9.19. The van der Waals surface area contributed by atoms with Gasteiger partial charge in [-0.1, -0.05) is 48.5 Å². The Hall–Kier alpha value is -1.56. The first-order valence-electron chi connectivity index (χ1n) is 6.09. The SMILES string of the molecule is c1ccc2c(c1)C[C@H]2[C@H]1Cc2ccccc21. The van der Waals surface area contributed by atoms with E-state index in [2.05, 4.69) is 48.5 Å². The highest BCUT2D eigenvalue weighted by molar-refractivity contribution is 5.49. The zero-order chi connectivity index (χ0) is 10.5. The van der Waals surface area contributed by atoms with Crippen molar-refractivity contribution in [1.29, 1.82) is 0 Å². The highest BCUT2D eigenvalue weighted by atomic mass is 14.4. The van der Waals surface area contributed by atoms with Gasteiger partial charge in [-0.2, -0.15) is 0 Å². The third-order valence-corrected chi connectivity index (χ3v) is 4.27. The number of hydrogen-bond donors (Lipinski definition) is 0. The number of fused-ring (bicyclic) bond motifs is 2. The zero-order valence-electron chi connectivity index (χ0n) is 9.19. The molecule has 0 spiro atoms. The van der Waals surface area contributed by atoms with Gasteiger partial charge in [-0.3, -0.25) is 0 Å². The van der Waals surface area contributed by atoms with E-state index in [0.29, 0.717) is 0 Å². The van der Waals surface area contributed by atoms with Crippen molar-refractivity contribution in [3.63, 3.8) is 0 Å². The summed E-state index contributed by atoms with van der Waals surface area (Å²) in [5, 5.41) is 0. The predicted octanol–water partition coefficient (Wildman–Crippen LogP) is 3.67.